The van der Waals surface area contributed by atoms with Crippen LogP contribution < -0.4 is 5.73 Å². The molecule has 1 amide bonds. The third kappa shape index (κ3) is 2.63. The predicted molar refractivity (Wildman–Crippen MR) is 71.2 cm³/mol. The van der Waals surface area contributed by atoms with Gasteiger partial charge in [-0.15, -0.1) is 0 Å². The Bertz CT molecular complexity index is 321. The van der Waals surface area contributed by atoms with Crippen molar-refractivity contribution in [1.82, 2.24) is 4.90 Å². The lowest BCUT2D eigenvalue weighted by molar-refractivity contribution is -0.105. The first-order chi connectivity index (χ1) is 8.25. The van der Waals surface area contributed by atoms with Crippen LogP contribution in [0.5, 0.6) is 0 Å². The summed E-state index contributed by atoms with van der Waals surface area (Å²) in [5.41, 5.74) is 5.69. The van der Waals surface area contributed by atoms with Crippen molar-refractivity contribution in [1.29, 1.82) is 0 Å². The van der Waals surface area contributed by atoms with Crippen molar-refractivity contribution in [3.63, 3.8) is 0 Å². The Morgan fingerprint density at radius 2 is 2.00 bits per heavy atom. The molecule has 2 aliphatic rings. The number of nitrogens with two attached hydrogens (primary N) is 1. The van der Waals surface area contributed by atoms with Crippen molar-refractivity contribution >= 4 is 6.09 Å². The minimum absolute atomic E-state index is 0.163. The van der Waals surface area contributed by atoms with Crippen LogP contribution in [0, 0.1) is 17.3 Å². The highest BCUT2D eigenvalue weighted by Crippen LogP contribution is 2.54. The summed E-state index contributed by atoms with van der Waals surface area (Å²) in [5, 5.41) is 0. The van der Waals surface area contributed by atoms with Crippen LogP contribution in [-0.2, 0) is 4.74 Å². The summed E-state index contributed by atoms with van der Waals surface area (Å²) in [6.07, 6.45) is 2.29. The average Bonchev–Trinajstić information content (AvgIpc) is 2.09. The molecular weight excluding hydrogens is 228 g/mol. The molecule has 0 radical (unpaired) electrons. The van der Waals surface area contributed by atoms with Gasteiger partial charge in [-0.1, -0.05) is 6.92 Å². The van der Waals surface area contributed by atoms with Crippen LogP contribution in [0.4, 0.5) is 4.79 Å². The normalized spacial score (nSPS) is 24.4. The fourth-order valence-corrected chi connectivity index (χ4v) is 3.12. The van der Waals surface area contributed by atoms with Crippen LogP contribution in [0.3, 0.4) is 0 Å². The minimum atomic E-state index is -0.393. The zero-order chi connectivity index (χ0) is 13.6. The molecule has 2 N–H and O–H groups in total. The molecular formula is C14H26N2O2. The van der Waals surface area contributed by atoms with Crippen molar-refractivity contribution in [3.05, 3.63) is 0 Å². The van der Waals surface area contributed by atoms with E-state index >= 15 is 0 Å². The van der Waals surface area contributed by atoms with Crippen LogP contribution in [0.15, 0.2) is 0 Å². The van der Waals surface area contributed by atoms with E-state index in [1.165, 1.54) is 12.8 Å². The Morgan fingerprint density at radius 3 is 2.44 bits per heavy atom. The second kappa shape index (κ2) is 4.41. The monoisotopic (exact) mass is 254 g/mol. The molecule has 4 heteroatoms. The van der Waals surface area contributed by atoms with E-state index in [1.807, 2.05) is 25.7 Å². The molecule has 2 rings (SSSR count). The van der Waals surface area contributed by atoms with Crippen LogP contribution in [0.1, 0.15) is 40.5 Å². The summed E-state index contributed by atoms with van der Waals surface area (Å²) in [7, 11) is 0. The summed E-state index contributed by atoms with van der Waals surface area (Å²) in [4.78, 5) is 13.7. The molecule has 1 heterocycles. The van der Waals surface area contributed by atoms with Gasteiger partial charge in [0.1, 0.15) is 5.60 Å². The summed E-state index contributed by atoms with van der Waals surface area (Å²) in [5.74, 6) is 1.38. The van der Waals surface area contributed by atoms with E-state index in [4.69, 9.17) is 10.5 Å². The van der Waals surface area contributed by atoms with Gasteiger partial charge in [0, 0.05) is 18.5 Å². The standard InChI is InChI=1S/C14H26N2O2/c1-10(7-15)11-5-14(6-11)8-16(9-14)12(17)18-13(2,3)4/h10-11H,5-9,15H2,1-4H3/t10-/m0/s1. The SMILES string of the molecule is C[C@@H](CN)C1CC2(C1)CN(C(=O)OC(C)(C)C)C2. The van der Waals surface area contributed by atoms with Gasteiger partial charge in [0.2, 0.25) is 0 Å². The number of nitrogens with zero attached hydrogens (tertiary/aromatic N) is 1. The van der Waals surface area contributed by atoms with E-state index in [0.29, 0.717) is 11.3 Å². The Hall–Kier alpha value is -0.770. The molecule has 18 heavy (non-hydrogen) atoms. The Balaban J connectivity index is 1.74. The van der Waals surface area contributed by atoms with E-state index in [0.717, 1.165) is 25.6 Å². The highest BCUT2D eigenvalue weighted by atomic mass is 16.6. The van der Waals surface area contributed by atoms with Crippen LogP contribution in [0.25, 0.3) is 0 Å². The van der Waals surface area contributed by atoms with Gasteiger partial charge in [0.25, 0.3) is 0 Å². The fraction of sp³-hybridized carbons (Fsp3) is 0.929. The first-order valence-electron chi connectivity index (χ1n) is 6.93. The Kier molecular flexibility index (Phi) is 3.34. The zero-order valence-corrected chi connectivity index (χ0v) is 12.0. The molecule has 1 saturated carbocycles. The number of rotatable bonds is 2. The number of amides is 1. The first-order valence-corrected chi connectivity index (χ1v) is 6.93. The van der Waals surface area contributed by atoms with E-state index in [9.17, 15) is 4.79 Å². The number of ether oxygens (including phenoxy) is 1. The summed E-state index contributed by atoms with van der Waals surface area (Å²) in [6.45, 7) is 10.5. The smallest absolute Gasteiger partial charge is 0.410 e. The molecule has 1 aliphatic carbocycles. The lowest BCUT2D eigenvalue weighted by atomic mass is 9.55. The largest absolute Gasteiger partial charge is 0.444 e. The van der Waals surface area contributed by atoms with Gasteiger partial charge >= 0.3 is 6.09 Å². The molecule has 104 valence electrons. The van der Waals surface area contributed by atoms with Crippen LogP contribution >= 0.6 is 0 Å². The zero-order valence-electron chi connectivity index (χ0n) is 12.0. The summed E-state index contributed by atoms with van der Waals surface area (Å²) >= 11 is 0. The van der Waals surface area contributed by atoms with Crippen LogP contribution in [-0.4, -0.2) is 36.2 Å². The number of carbonyl (C=O) groups excluding carboxylic acids is 1. The predicted octanol–water partition coefficient (Wildman–Crippen LogP) is 2.23. The molecule has 0 aromatic heterocycles. The highest BCUT2D eigenvalue weighted by Gasteiger charge is 2.54. The third-order valence-corrected chi connectivity index (χ3v) is 4.27. The molecule has 0 bridgehead atoms. The Labute approximate surface area is 110 Å². The summed E-state index contributed by atoms with van der Waals surface area (Å²) < 4.78 is 5.37. The third-order valence-electron chi connectivity index (χ3n) is 4.27. The molecule has 1 saturated heterocycles. The molecule has 1 aliphatic heterocycles. The van der Waals surface area contributed by atoms with Crippen molar-refractivity contribution in [3.8, 4) is 0 Å². The number of likely N-dealkylation sites (tertiary alicyclic amines) is 1. The second-order valence-corrected chi connectivity index (χ2v) is 7.22. The Morgan fingerprint density at radius 1 is 1.44 bits per heavy atom. The van der Waals surface area contributed by atoms with Crippen molar-refractivity contribution in [2.75, 3.05) is 19.6 Å². The number of carbonyl (C=O) groups is 1. The topological polar surface area (TPSA) is 55.6 Å². The van der Waals surface area contributed by atoms with Gasteiger partial charge in [-0.3, -0.25) is 0 Å². The number of hydrogen-bond donors (Lipinski definition) is 1. The molecule has 4 nitrogen and oxygen atoms in total. The maximum atomic E-state index is 11.8. The van der Waals surface area contributed by atoms with Gasteiger partial charge in [-0.2, -0.15) is 0 Å². The van der Waals surface area contributed by atoms with E-state index in [1.54, 1.807) is 0 Å². The van der Waals surface area contributed by atoms with Gasteiger partial charge in [-0.05, 0) is 52.0 Å². The molecule has 1 spiro atoms. The van der Waals surface area contributed by atoms with Crippen molar-refractivity contribution in [2.24, 2.45) is 23.0 Å². The van der Waals surface area contributed by atoms with E-state index in [2.05, 4.69) is 6.92 Å². The summed E-state index contributed by atoms with van der Waals surface area (Å²) in [6, 6.07) is 0. The van der Waals surface area contributed by atoms with Gasteiger partial charge in [0.05, 0.1) is 0 Å². The molecule has 2 fully saturated rings. The number of hydrogen-bond acceptors (Lipinski definition) is 3. The lowest BCUT2D eigenvalue weighted by Gasteiger charge is -2.60. The van der Waals surface area contributed by atoms with Gasteiger partial charge in [0.15, 0.2) is 0 Å². The fourth-order valence-electron chi connectivity index (χ4n) is 3.12. The highest BCUT2D eigenvalue weighted by molar-refractivity contribution is 5.69. The quantitative estimate of drug-likeness (QED) is 0.822. The molecule has 1 atom stereocenters. The van der Waals surface area contributed by atoms with Crippen molar-refractivity contribution in [2.45, 2.75) is 46.1 Å². The van der Waals surface area contributed by atoms with Gasteiger partial charge < -0.3 is 15.4 Å². The maximum absolute atomic E-state index is 11.8. The first kappa shape index (κ1) is 13.7. The molecule has 0 aromatic rings. The maximum Gasteiger partial charge on any atom is 0.410 e. The molecule has 0 unspecified atom stereocenters. The van der Waals surface area contributed by atoms with E-state index in [-0.39, 0.29) is 6.09 Å². The lowest BCUT2D eigenvalue weighted by Crippen LogP contribution is -2.65. The van der Waals surface area contributed by atoms with Crippen molar-refractivity contribution < 1.29 is 9.53 Å². The minimum Gasteiger partial charge on any atom is -0.444 e. The van der Waals surface area contributed by atoms with E-state index < -0.39 is 5.60 Å². The van der Waals surface area contributed by atoms with Gasteiger partial charge in [-0.25, -0.2) is 4.79 Å². The average molecular weight is 254 g/mol. The molecule has 0 aromatic carbocycles. The second-order valence-electron chi connectivity index (χ2n) is 7.22. The van der Waals surface area contributed by atoms with Crippen LogP contribution in [0.2, 0.25) is 0 Å².